The Labute approximate surface area is 174 Å². The zero-order valence-corrected chi connectivity index (χ0v) is 17.3. The number of carbonyl (C=O) groups is 1. The lowest BCUT2D eigenvalue weighted by Crippen LogP contribution is -2.32. The molecule has 0 saturated carbocycles. The predicted octanol–water partition coefficient (Wildman–Crippen LogP) is 4.19. The fraction of sp³-hybridized carbons (Fsp3) is 0.227. The molecule has 0 aliphatic heterocycles. The van der Waals surface area contributed by atoms with Gasteiger partial charge in [0, 0.05) is 13.1 Å². The third kappa shape index (κ3) is 5.06. The normalized spacial score (nSPS) is 10.7. The Morgan fingerprint density at radius 2 is 1.90 bits per heavy atom. The highest BCUT2D eigenvalue weighted by atomic mass is 32.2. The molecule has 7 heteroatoms. The van der Waals surface area contributed by atoms with E-state index in [0.29, 0.717) is 24.8 Å². The molecule has 0 atom stereocenters. The molecule has 0 unspecified atom stereocenters. The molecule has 0 aliphatic carbocycles. The van der Waals surface area contributed by atoms with E-state index in [4.69, 9.17) is 4.42 Å². The Bertz CT molecular complexity index is 968. The first-order valence-electron chi connectivity index (χ1n) is 9.28. The van der Waals surface area contributed by atoms with Crippen molar-refractivity contribution in [3.05, 3.63) is 79.3 Å². The third-order valence-corrected chi connectivity index (χ3v) is 5.33. The maximum absolute atomic E-state index is 12.6. The summed E-state index contributed by atoms with van der Waals surface area (Å²) in [5.41, 5.74) is 2.02. The second-order valence-corrected chi connectivity index (χ2v) is 7.38. The fourth-order valence-electron chi connectivity index (χ4n) is 2.93. The quantitative estimate of drug-likeness (QED) is 0.372. The van der Waals surface area contributed by atoms with Gasteiger partial charge < -0.3 is 9.32 Å². The summed E-state index contributed by atoms with van der Waals surface area (Å²) >= 11 is 1.38. The van der Waals surface area contributed by atoms with Crippen LogP contribution in [0.2, 0.25) is 0 Å². The second kappa shape index (κ2) is 9.93. The van der Waals surface area contributed by atoms with E-state index in [1.165, 1.54) is 11.8 Å². The number of thioether (sulfide) groups is 1. The Balaban J connectivity index is 1.85. The molecular weight excluding hydrogens is 384 g/mol. The van der Waals surface area contributed by atoms with Crippen LogP contribution < -0.4 is 0 Å². The van der Waals surface area contributed by atoms with Crippen molar-refractivity contribution >= 4 is 17.7 Å². The SMILES string of the molecule is C=CCN(CC=C)C(=O)CSc1nnc(-c2ccoc2C)n1Cc1ccccc1. The molecular formula is C22H24N4O2S. The topological polar surface area (TPSA) is 64.2 Å². The summed E-state index contributed by atoms with van der Waals surface area (Å²) in [7, 11) is 0. The minimum absolute atomic E-state index is 0.00472. The van der Waals surface area contributed by atoms with Crippen molar-refractivity contribution in [2.24, 2.45) is 0 Å². The highest BCUT2D eigenvalue weighted by molar-refractivity contribution is 7.99. The van der Waals surface area contributed by atoms with Crippen LogP contribution in [0.1, 0.15) is 11.3 Å². The highest BCUT2D eigenvalue weighted by Crippen LogP contribution is 2.28. The number of nitrogens with zero attached hydrogens (tertiary/aromatic N) is 4. The van der Waals surface area contributed by atoms with Crippen LogP contribution in [-0.2, 0) is 11.3 Å². The molecule has 0 radical (unpaired) electrons. The largest absolute Gasteiger partial charge is 0.469 e. The fourth-order valence-corrected chi connectivity index (χ4v) is 3.77. The maximum atomic E-state index is 12.6. The molecule has 0 aliphatic rings. The first-order valence-corrected chi connectivity index (χ1v) is 10.3. The van der Waals surface area contributed by atoms with Gasteiger partial charge in [0.05, 0.1) is 24.1 Å². The van der Waals surface area contributed by atoms with E-state index in [1.807, 2.05) is 35.8 Å². The monoisotopic (exact) mass is 408 g/mol. The molecule has 29 heavy (non-hydrogen) atoms. The molecule has 2 heterocycles. The summed E-state index contributed by atoms with van der Waals surface area (Å²) < 4.78 is 7.47. The van der Waals surface area contributed by atoms with Crippen molar-refractivity contribution in [2.45, 2.75) is 18.6 Å². The Morgan fingerprint density at radius 1 is 1.17 bits per heavy atom. The zero-order chi connectivity index (χ0) is 20.6. The number of benzene rings is 1. The number of hydrogen-bond donors (Lipinski definition) is 0. The number of carbonyl (C=O) groups excluding carboxylic acids is 1. The molecule has 6 nitrogen and oxygen atoms in total. The molecule has 0 spiro atoms. The van der Waals surface area contributed by atoms with Gasteiger partial charge in [0.1, 0.15) is 5.76 Å². The molecule has 0 fully saturated rings. The average molecular weight is 409 g/mol. The van der Waals surface area contributed by atoms with E-state index in [2.05, 4.69) is 35.5 Å². The van der Waals surface area contributed by atoms with Gasteiger partial charge >= 0.3 is 0 Å². The van der Waals surface area contributed by atoms with Gasteiger partial charge in [0.2, 0.25) is 5.91 Å². The van der Waals surface area contributed by atoms with Crippen molar-refractivity contribution < 1.29 is 9.21 Å². The summed E-state index contributed by atoms with van der Waals surface area (Å²) in [6, 6.07) is 12.0. The van der Waals surface area contributed by atoms with E-state index in [1.54, 1.807) is 23.3 Å². The number of hydrogen-bond acceptors (Lipinski definition) is 5. The van der Waals surface area contributed by atoms with Crippen LogP contribution in [0.15, 0.2) is 77.5 Å². The summed E-state index contributed by atoms with van der Waals surface area (Å²) in [5.74, 6) is 1.77. The summed E-state index contributed by atoms with van der Waals surface area (Å²) in [6.45, 7) is 10.9. The standard InChI is InChI=1S/C22H24N4O2S/c1-4-12-25(13-5-2)20(27)16-29-22-24-23-21(19-11-14-28-17(19)3)26(22)15-18-9-7-6-8-10-18/h4-11,14H,1-2,12-13,15-16H2,3H3. The van der Waals surface area contributed by atoms with E-state index < -0.39 is 0 Å². The predicted molar refractivity (Wildman–Crippen MR) is 116 cm³/mol. The molecule has 0 N–H and O–H groups in total. The first kappa shape index (κ1) is 20.7. The van der Waals surface area contributed by atoms with Crippen LogP contribution in [-0.4, -0.2) is 44.4 Å². The summed E-state index contributed by atoms with van der Waals surface area (Å²) in [4.78, 5) is 14.3. The van der Waals surface area contributed by atoms with Crippen LogP contribution in [0.25, 0.3) is 11.4 Å². The Hall–Kier alpha value is -3.06. The van der Waals surface area contributed by atoms with E-state index >= 15 is 0 Å². The number of rotatable bonds is 10. The lowest BCUT2D eigenvalue weighted by molar-refractivity contribution is -0.127. The third-order valence-electron chi connectivity index (χ3n) is 4.38. The first-order chi connectivity index (χ1) is 14.1. The minimum atomic E-state index is 0.00472. The lowest BCUT2D eigenvalue weighted by Gasteiger charge is -2.19. The number of furan rings is 1. The van der Waals surface area contributed by atoms with Crippen LogP contribution in [0, 0.1) is 6.92 Å². The van der Waals surface area contributed by atoms with E-state index in [0.717, 1.165) is 22.7 Å². The molecule has 3 rings (SSSR count). The Kier molecular flexibility index (Phi) is 7.08. The highest BCUT2D eigenvalue weighted by Gasteiger charge is 2.19. The van der Waals surface area contributed by atoms with Crippen molar-refractivity contribution in [2.75, 3.05) is 18.8 Å². The van der Waals surface area contributed by atoms with Gasteiger partial charge in [-0.15, -0.1) is 23.4 Å². The molecule has 150 valence electrons. The molecule has 1 amide bonds. The van der Waals surface area contributed by atoms with Gasteiger partial charge in [-0.3, -0.25) is 9.36 Å². The molecule has 0 bridgehead atoms. The van der Waals surface area contributed by atoms with Crippen LogP contribution in [0.4, 0.5) is 0 Å². The second-order valence-electron chi connectivity index (χ2n) is 6.43. The van der Waals surface area contributed by atoms with Crippen molar-refractivity contribution in [1.82, 2.24) is 19.7 Å². The van der Waals surface area contributed by atoms with Gasteiger partial charge in [-0.25, -0.2) is 0 Å². The summed E-state index contributed by atoms with van der Waals surface area (Å²) in [5, 5.41) is 9.43. The molecule has 0 saturated heterocycles. The minimum Gasteiger partial charge on any atom is -0.469 e. The van der Waals surface area contributed by atoms with Crippen molar-refractivity contribution in [3.63, 3.8) is 0 Å². The zero-order valence-electron chi connectivity index (χ0n) is 16.5. The Morgan fingerprint density at radius 3 is 2.52 bits per heavy atom. The van der Waals surface area contributed by atoms with Crippen molar-refractivity contribution in [1.29, 1.82) is 0 Å². The smallest absolute Gasteiger partial charge is 0.233 e. The van der Waals surface area contributed by atoms with Gasteiger partial charge in [0.15, 0.2) is 11.0 Å². The van der Waals surface area contributed by atoms with Crippen LogP contribution in [0.3, 0.4) is 0 Å². The average Bonchev–Trinajstić information content (AvgIpc) is 3.32. The molecule has 3 aromatic rings. The van der Waals surface area contributed by atoms with Crippen molar-refractivity contribution in [3.8, 4) is 11.4 Å². The number of aryl methyl sites for hydroxylation is 1. The van der Waals surface area contributed by atoms with Gasteiger partial charge in [-0.2, -0.15) is 0 Å². The van der Waals surface area contributed by atoms with Gasteiger partial charge in [-0.1, -0.05) is 54.2 Å². The van der Waals surface area contributed by atoms with E-state index in [9.17, 15) is 4.79 Å². The van der Waals surface area contributed by atoms with Gasteiger partial charge in [-0.05, 0) is 18.6 Å². The lowest BCUT2D eigenvalue weighted by atomic mass is 10.2. The molecule has 2 aromatic heterocycles. The summed E-state index contributed by atoms with van der Waals surface area (Å²) in [6.07, 6.45) is 5.07. The number of amides is 1. The molecule has 1 aromatic carbocycles. The van der Waals surface area contributed by atoms with E-state index in [-0.39, 0.29) is 11.7 Å². The van der Waals surface area contributed by atoms with Crippen LogP contribution in [0.5, 0.6) is 0 Å². The van der Waals surface area contributed by atoms with Gasteiger partial charge in [0.25, 0.3) is 0 Å². The number of aromatic nitrogens is 3. The maximum Gasteiger partial charge on any atom is 0.233 e. The van der Waals surface area contributed by atoms with Crippen LogP contribution >= 0.6 is 11.8 Å².